The maximum Gasteiger partial charge on any atom is 0.196 e. The Hall–Kier alpha value is -1.03. The molecule has 16 heavy (non-hydrogen) atoms. The molecule has 0 spiro atoms. The van der Waals surface area contributed by atoms with Crippen molar-refractivity contribution in [2.24, 2.45) is 10.7 Å². The minimum absolute atomic E-state index is 0.641. The van der Waals surface area contributed by atoms with Gasteiger partial charge in [0.05, 0.1) is 5.69 Å². The molecule has 0 bridgehead atoms. The van der Waals surface area contributed by atoms with E-state index in [1.54, 1.807) is 0 Å². The second kappa shape index (κ2) is 5.34. The van der Waals surface area contributed by atoms with E-state index in [1.165, 1.54) is 19.3 Å². The van der Waals surface area contributed by atoms with E-state index in [4.69, 9.17) is 5.73 Å². The van der Waals surface area contributed by atoms with Gasteiger partial charge >= 0.3 is 0 Å². The van der Waals surface area contributed by atoms with Gasteiger partial charge in [0, 0.05) is 17.6 Å². The molecule has 1 fully saturated rings. The van der Waals surface area contributed by atoms with E-state index >= 15 is 0 Å². The Morgan fingerprint density at radius 2 is 1.75 bits per heavy atom. The number of hydrogen-bond acceptors (Lipinski definition) is 1. The summed E-state index contributed by atoms with van der Waals surface area (Å²) in [5.41, 5.74) is 6.89. The fraction of sp³-hybridized carbons (Fsp3) is 0.417. The first-order chi connectivity index (χ1) is 7.75. The summed E-state index contributed by atoms with van der Waals surface area (Å²) < 4.78 is 1.06. The molecule has 86 valence electrons. The second-order valence-electron chi connectivity index (χ2n) is 3.99. The lowest BCUT2D eigenvalue weighted by Crippen LogP contribution is -2.40. The summed E-state index contributed by atoms with van der Waals surface area (Å²) >= 11 is 3.40. The van der Waals surface area contributed by atoms with Gasteiger partial charge in [-0.25, -0.2) is 4.99 Å². The molecule has 2 rings (SSSR count). The number of likely N-dealkylation sites (tertiary alicyclic amines) is 1. The third-order valence-corrected chi connectivity index (χ3v) is 3.28. The van der Waals surface area contributed by atoms with Crippen molar-refractivity contribution in [2.45, 2.75) is 19.3 Å². The molecule has 4 heteroatoms. The van der Waals surface area contributed by atoms with Gasteiger partial charge in [0.15, 0.2) is 5.96 Å². The van der Waals surface area contributed by atoms with Crippen molar-refractivity contribution < 1.29 is 0 Å². The average Bonchev–Trinajstić information content (AvgIpc) is 2.33. The van der Waals surface area contributed by atoms with Crippen LogP contribution in [-0.2, 0) is 0 Å². The number of halogens is 1. The predicted octanol–water partition coefficient (Wildman–Crippen LogP) is 2.88. The van der Waals surface area contributed by atoms with Crippen molar-refractivity contribution in [3.63, 3.8) is 0 Å². The van der Waals surface area contributed by atoms with Gasteiger partial charge in [0.25, 0.3) is 0 Å². The smallest absolute Gasteiger partial charge is 0.196 e. The van der Waals surface area contributed by atoms with E-state index in [-0.39, 0.29) is 0 Å². The molecule has 0 atom stereocenters. The topological polar surface area (TPSA) is 41.6 Å². The Labute approximate surface area is 104 Å². The van der Waals surface area contributed by atoms with Gasteiger partial charge in [-0.05, 0) is 43.5 Å². The second-order valence-corrected chi connectivity index (χ2v) is 4.91. The van der Waals surface area contributed by atoms with E-state index in [9.17, 15) is 0 Å². The molecule has 2 N–H and O–H groups in total. The van der Waals surface area contributed by atoms with Crippen LogP contribution in [0.2, 0.25) is 0 Å². The van der Waals surface area contributed by atoms with Crippen LogP contribution in [0.3, 0.4) is 0 Å². The number of nitrogens with zero attached hydrogens (tertiary/aromatic N) is 2. The van der Waals surface area contributed by atoms with Gasteiger partial charge in [-0.1, -0.05) is 15.9 Å². The van der Waals surface area contributed by atoms with Crippen molar-refractivity contribution in [2.75, 3.05) is 13.1 Å². The van der Waals surface area contributed by atoms with Crippen LogP contribution in [0.25, 0.3) is 0 Å². The van der Waals surface area contributed by atoms with Gasteiger partial charge in [0.2, 0.25) is 0 Å². The molecule has 1 heterocycles. The Kier molecular flexibility index (Phi) is 3.83. The van der Waals surface area contributed by atoms with Crippen LogP contribution < -0.4 is 5.73 Å². The molecule has 0 aromatic heterocycles. The van der Waals surface area contributed by atoms with Crippen LogP contribution in [0.15, 0.2) is 33.7 Å². The lowest BCUT2D eigenvalue weighted by atomic mass is 10.1. The Morgan fingerprint density at radius 1 is 1.12 bits per heavy atom. The van der Waals surface area contributed by atoms with Gasteiger partial charge in [-0.15, -0.1) is 0 Å². The van der Waals surface area contributed by atoms with Crippen LogP contribution in [0.5, 0.6) is 0 Å². The highest BCUT2D eigenvalue weighted by Gasteiger charge is 2.11. The highest BCUT2D eigenvalue weighted by Crippen LogP contribution is 2.17. The van der Waals surface area contributed by atoms with E-state index < -0.39 is 0 Å². The molecular weight excluding hydrogens is 266 g/mol. The Balaban J connectivity index is 2.07. The molecule has 0 unspecified atom stereocenters. The van der Waals surface area contributed by atoms with Crippen LogP contribution in [-0.4, -0.2) is 23.9 Å². The molecule has 1 aromatic carbocycles. The lowest BCUT2D eigenvalue weighted by Gasteiger charge is -2.27. The standard InChI is InChI=1S/C12H16BrN3/c13-10-4-6-11(7-5-10)15-12(14)16-8-2-1-3-9-16/h4-7H,1-3,8-9H2,(H2,14,15). The number of hydrogen-bond donors (Lipinski definition) is 1. The van der Waals surface area contributed by atoms with Crippen LogP contribution >= 0.6 is 15.9 Å². The van der Waals surface area contributed by atoms with Crippen LogP contribution in [0.4, 0.5) is 5.69 Å². The Bertz CT molecular complexity index is 366. The first kappa shape index (κ1) is 11.5. The van der Waals surface area contributed by atoms with E-state index in [0.29, 0.717) is 5.96 Å². The Morgan fingerprint density at radius 3 is 2.38 bits per heavy atom. The summed E-state index contributed by atoms with van der Waals surface area (Å²) in [6.45, 7) is 2.07. The molecule has 1 saturated heterocycles. The molecule has 0 saturated carbocycles. The average molecular weight is 282 g/mol. The predicted molar refractivity (Wildman–Crippen MR) is 70.8 cm³/mol. The summed E-state index contributed by atoms with van der Waals surface area (Å²) in [5.74, 6) is 0.641. The number of rotatable bonds is 1. The van der Waals surface area contributed by atoms with Gasteiger partial charge < -0.3 is 10.6 Å². The fourth-order valence-corrected chi connectivity index (χ4v) is 2.11. The summed E-state index contributed by atoms with van der Waals surface area (Å²) in [5, 5.41) is 0. The highest BCUT2D eigenvalue weighted by atomic mass is 79.9. The molecule has 1 aromatic rings. The van der Waals surface area contributed by atoms with E-state index in [1.807, 2.05) is 24.3 Å². The first-order valence-electron chi connectivity index (χ1n) is 5.60. The maximum absolute atomic E-state index is 5.98. The van der Waals surface area contributed by atoms with Crippen LogP contribution in [0.1, 0.15) is 19.3 Å². The molecule has 0 amide bonds. The third-order valence-electron chi connectivity index (χ3n) is 2.75. The van der Waals surface area contributed by atoms with Crippen molar-refractivity contribution in [3.05, 3.63) is 28.7 Å². The minimum atomic E-state index is 0.641. The van der Waals surface area contributed by atoms with Gasteiger partial charge in [-0.3, -0.25) is 0 Å². The molecule has 1 aliphatic heterocycles. The normalized spacial score (nSPS) is 17.6. The summed E-state index contributed by atoms with van der Waals surface area (Å²) in [6, 6.07) is 7.87. The zero-order valence-electron chi connectivity index (χ0n) is 9.19. The number of piperidine rings is 1. The van der Waals surface area contributed by atoms with Crippen molar-refractivity contribution in [1.29, 1.82) is 0 Å². The number of aliphatic imine (C=N–C) groups is 1. The molecule has 3 nitrogen and oxygen atoms in total. The zero-order chi connectivity index (χ0) is 11.4. The highest BCUT2D eigenvalue weighted by molar-refractivity contribution is 9.10. The van der Waals surface area contributed by atoms with Gasteiger partial charge in [0.1, 0.15) is 0 Å². The van der Waals surface area contributed by atoms with Gasteiger partial charge in [-0.2, -0.15) is 0 Å². The fourth-order valence-electron chi connectivity index (χ4n) is 1.84. The molecule has 0 radical (unpaired) electrons. The van der Waals surface area contributed by atoms with Crippen molar-refractivity contribution >= 4 is 27.6 Å². The minimum Gasteiger partial charge on any atom is -0.369 e. The maximum atomic E-state index is 5.98. The summed E-state index contributed by atoms with van der Waals surface area (Å²) in [7, 11) is 0. The van der Waals surface area contributed by atoms with E-state index in [2.05, 4.69) is 25.8 Å². The lowest BCUT2D eigenvalue weighted by molar-refractivity contribution is 0.339. The quantitative estimate of drug-likeness (QED) is 0.635. The SMILES string of the molecule is NC(=Nc1ccc(Br)cc1)N1CCCCC1. The largest absolute Gasteiger partial charge is 0.369 e. The van der Waals surface area contributed by atoms with E-state index in [0.717, 1.165) is 23.2 Å². The summed E-state index contributed by atoms with van der Waals surface area (Å²) in [6.07, 6.45) is 3.75. The molecular formula is C12H16BrN3. The molecule has 1 aliphatic rings. The van der Waals surface area contributed by atoms with Crippen molar-refractivity contribution in [1.82, 2.24) is 4.90 Å². The van der Waals surface area contributed by atoms with Crippen LogP contribution in [0, 0.1) is 0 Å². The summed E-state index contributed by atoms with van der Waals surface area (Å²) in [4.78, 5) is 6.58. The van der Waals surface area contributed by atoms with Crippen molar-refractivity contribution in [3.8, 4) is 0 Å². The number of guanidine groups is 1. The molecule has 0 aliphatic carbocycles. The zero-order valence-corrected chi connectivity index (χ0v) is 10.8. The third kappa shape index (κ3) is 2.98. The monoisotopic (exact) mass is 281 g/mol. The first-order valence-corrected chi connectivity index (χ1v) is 6.40. The number of nitrogens with two attached hydrogens (primary N) is 1. The number of benzene rings is 1.